The lowest BCUT2D eigenvalue weighted by molar-refractivity contribution is -0.127. The van der Waals surface area contributed by atoms with Crippen LogP contribution in [0.25, 0.3) is 0 Å². The van der Waals surface area contributed by atoms with Crippen molar-refractivity contribution in [3.8, 4) is 0 Å². The second kappa shape index (κ2) is 3.96. The molecule has 1 aromatic heterocycles. The molecule has 0 aromatic carbocycles. The molecule has 1 aliphatic rings. The van der Waals surface area contributed by atoms with Crippen LogP contribution in [0.5, 0.6) is 0 Å². The predicted octanol–water partition coefficient (Wildman–Crippen LogP) is -0.0565. The van der Waals surface area contributed by atoms with Gasteiger partial charge in [-0.05, 0) is 13.8 Å². The average Bonchev–Trinajstić information content (AvgIpc) is 2.68. The van der Waals surface area contributed by atoms with Gasteiger partial charge in [0.05, 0.1) is 0 Å². The van der Waals surface area contributed by atoms with Crippen LogP contribution in [0, 0.1) is 6.92 Å². The normalized spacial score (nSPS) is 20.8. The number of nitrogens with zero attached hydrogens (tertiary/aromatic N) is 2. The van der Waals surface area contributed by atoms with Gasteiger partial charge in [0.15, 0.2) is 5.69 Å². The van der Waals surface area contributed by atoms with Gasteiger partial charge in [-0.1, -0.05) is 5.16 Å². The molecule has 1 atom stereocenters. The number of aryl methyl sites for hydroxylation is 1. The standard InChI is InChI=1S/C10H13N3O3/c1-6-5-8(12-16-6)10(15)13-4-3-11-9(14)7(13)2/h5,7H,3-4H2,1-2H3,(H,11,14). The minimum absolute atomic E-state index is 0.139. The SMILES string of the molecule is Cc1cc(C(=O)N2CCNC(=O)C2C)no1. The van der Waals surface area contributed by atoms with Gasteiger partial charge in [-0.25, -0.2) is 0 Å². The molecule has 1 unspecified atom stereocenters. The first kappa shape index (κ1) is 10.7. The minimum atomic E-state index is -0.460. The van der Waals surface area contributed by atoms with Crippen LogP contribution in [0.3, 0.4) is 0 Å². The molecule has 0 bridgehead atoms. The second-order valence-electron chi connectivity index (χ2n) is 3.79. The maximum absolute atomic E-state index is 12.0. The summed E-state index contributed by atoms with van der Waals surface area (Å²) in [4.78, 5) is 24.9. The van der Waals surface area contributed by atoms with Gasteiger partial charge in [0.1, 0.15) is 11.8 Å². The van der Waals surface area contributed by atoms with E-state index in [1.54, 1.807) is 19.9 Å². The van der Waals surface area contributed by atoms with Crippen LogP contribution in [-0.2, 0) is 4.79 Å². The molecule has 1 aromatic rings. The molecule has 0 saturated carbocycles. The third-order valence-electron chi connectivity index (χ3n) is 2.61. The monoisotopic (exact) mass is 223 g/mol. The Morgan fingerprint density at radius 1 is 1.69 bits per heavy atom. The Labute approximate surface area is 92.6 Å². The van der Waals surface area contributed by atoms with E-state index in [1.165, 1.54) is 4.90 Å². The Balaban J connectivity index is 2.18. The zero-order chi connectivity index (χ0) is 11.7. The Hall–Kier alpha value is -1.85. The van der Waals surface area contributed by atoms with Crippen molar-refractivity contribution in [2.45, 2.75) is 19.9 Å². The van der Waals surface area contributed by atoms with Crippen molar-refractivity contribution < 1.29 is 14.1 Å². The first-order chi connectivity index (χ1) is 7.59. The first-order valence-electron chi connectivity index (χ1n) is 5.11. The van der Waals surface area contributed by atoms with Gasteiger partial charge in [-0.15, -0.1) is 0 Å². The molecule has 2 amide bonds. The Morgan fingerprint density at radius 3 is 3.06 bits per heavy atom. The summed E-state index contributed by atoms with van der Waals surface area (Å²) in [6.07, 6.45) is 0. The fraction of sp³-hybridized carbons (Fsp3) is 0.500. The lowest BCUT2D eigenvalue weighted by atomic mass is 10.2. The number of hydrogen-bond acceptors (Lipinski definition) is 4. The van der Waals surface area contributed by atoms with Crippen LogP contribution in [0.2, 0.25) is 0 Å². The highest BCUT2D eigenvalue weighted by atomic mass is 16.5. The number of aromatic nitrogens is 1. The fourth-order valence-electron chi connectivity index (χ4n) is 1.67. The third-order valence-corrected chi connectivity index (χ3v) is 2.61. The second-order valence-corrected chi connectivity index (χ2v) is 3.79. The van der Waals surface area contributed by atoms with E-state index in [2.05, 4.69) is 10.5 Å². The summed E-state index contributed by atoms with van der Waals surface area (Å²) in [6, 6.07) is 1.11. The molecule has 1 saturated heterocycles. The van der Waals surface area contributed by atoms with Crippen molar-refractivity contribution in [1.82, 2.24) is 15.4 Å². The van der Waals surface area contributed by atoms with Gasteiger partial charge in [0, 0.05) is 19.2 Å². The Morgan fingerprint density at radius 2 is 2.44 bits per heavy atom. The van der Waals surface area contributed by atoms with E-state index in [0.29, 0.717) is 18.8 Å². The molecule has 0 aliphatic carbocycles. The molecular formula is C10H13N3O3. The lowest BCUT2D eigenvalue weighted by Gasteiger charge is -2.32. The molecule has 6 heteroatoms. The summed E-state index contributed by atoms with van der Waals surface area (Å²) < 4.78 is 4.84. The van der Waals surface area contributed by atoms with E-state index >= 15 is 0 Å². The van der Waals surface area contributed by atoms with Crippen molar-refractivity contribution in [1.29, 1.82) is 0 Å². The van der Waals surface area contributed by atoms with E-state index < -0.39 is 6.04 Å². The van der Waals surface area contributed by atoms with E-state index in [9.17, 15) is 9.59 Å². The summed E-state index contributed by atoms with van der Waals surface area (Å²) in [7, 11) is 0. The van der Waals surface area contributed by atoms with Crippen molar-refractivity contribution >= 4 is 11.8 Å². The van der Waals surface area contributed by atoms with Crippen LogP contribution in [0.15, 0.2) is 10.6 Å². The molecule has 1 aliphatic heterocycles. The molecule has 0 spiro atoms. The Kier molecular flexibility index (Phi) is 2.64. The number of hydrogen-bond donors (Lipinski definition) is 1. The third kappa shape index (κ3) is 1.78. The van der Waals surface area contributed by atoms with Crippen LogP contribution >= 0.6 is 0 Å². The van der Waals surface area contributed by atoms with Gasteiger partial charge in [-0.2, -0.15) is 0 Å². The number of carbonyl (C=O) groups is 2. The number of piperazine rings is 1. The molecule has 86 valence electrons. The summed E-state index contributed by atoms with van der Waals surface area (Å²) in [5, 5.41) is 6.35. The van der Waals surface area contributed by atoms with Crippen LogP contribution < -0.4 is 5.32 Å². The number of rotatable bonds is 1. The van der Waals surface area contributed by atoms with Crippen molar-refractivity contribution in [2.24, 2.45) is 0 Å². The van der Waals surface area contributed by atoms with Crippen LogP contribution in [0.4, 0.5) is 0 Å². The number of amides is 2. The summed E-state index contributed by atoms with van der Waals surface area (Å²) in [5.41, 5.74) is 0.249. The quantitative estimate of drug-likeness (QED) is 0.724. The highest BCUT2D eigenvalue weighted by molar-refractivity contribution is 5.96. The molecule has 0 radical (unpaired) electrons. The molecular weight excluding hydrogens is 210 g/mol. The zero-order valence-corrected chi connectivity index (χ0v) is 9.19. The van der Waals surface area contributed by atoms with Gasteiger partial charge in [-0.3, -0.25) is 9.59 Å². The van der Waals surface area contributed by atoms with Crippen molar-refractivity contribution in [3.05, 3.63) is 17.5 Å². The van der Waals surface area contributed by atoms with Crippen molar-refractivity contribution in [3.63, 3.8) is 0 Å². The topological polar surface area (TPSA) is 75.4 Å². The highest BCUT2D eigenvalue weighted by Gasteiger charge is 2.31. The maximum Gasteiger partial charge on any atom is 0.276 e. The fourth-order valence-corrected chi connectivity index (χ4v) is 1.67. The maximum atomic E-state index is 12.0. The zero-order valence-electron chi connectivity index (χ0n) is 9.19. The minimum Gasteiger partial charge on any atom is -0.361 e. The molecule has 2 rings (SSSR count). The number of nitrogens with one attached hydrogen (secondary N) is 1. The largest absolute Gasteiger partial charge is 0.361 e. The average molecular weight is 223 g/mol. The molecule has 6 nitrogen and oxygen atoms in total. The van der Waals surface area contributed by atoms with E-state index in [-0.39, 0.29) is 17.5 Å². The lowest BCUT2D eigenvalue weighted by Crippen LogP contribution is -2.55. The van der Waals surface area contributed by atoms with Crippen LogP contribution in [0.1, 0.15) is 23.2 Å². The smallest absolute Gasteiger partial charge is 0.276 e. The molecule has 2 heterocycles. The molecule has 1 fully saturated rings. The Bertz CT molecular complexity index is 427. The van der Waals surface area contributed by atoms with E-state index in [1.807, 2.05) is 0 Å². The molecule has 1 N–H and O–H groups in total. The summed E-state index contributed by atoms with van der Waals surface area (Å²) >= 11 is 0. The van der Waals surface area contributed by atoms with E-state index in [4.69, 9.17) is 4.52 Å². The van der Waals surface area contributed by atoms with Gasteiger partial charge in [0.25, 0.3) is 5.91 Å². The molecule has 16 heavy (non-hydrogen) atoms. The first-order valence-corrected chi connectivity index (χ1v) is 5.11. The summed E-state index contributed by atoms with van der Waals surface area (Å²) in [6.45, 7) is 4.39. The summed E-state index contributed by atoms with van der Waals surface area (Å²) in [5.74, 6) is 0.177. The van der Waals surface area contributed by atoms with Crippen LogP contribution in [-0.4, -0.2) is 41.0 Å². The van der Waals surface area contributed by atoms with Gasteiger partial charge in [0.2, 0.25) is 5.91 Å². The van der Waals surface area contributed by atoms with Gasteiger partial charge < -0.3 is 14.7 Å². The van der Waals surface area contributed by atoms with Gasteiger partial charge >= 0.3 is 0 Å². The number of carbonyl (C=O) groups excluding carboxylic acids is 2. The predicted molar refractivity (Wildman–Crippen MR) is 54.7 cm³/mol. The highest BCUT2D eigenvalue weighted by Crippen LogP contribution is 2.11. The van der Waals surface area contributed by atoms with Crippen molar-refractivity contribution in [2.75, 3.05) is 13.1 Å². The van der Waals surface area contributed by atoms with E-state index in [0.717, 1.165) is 0 Å².